The van der Waals surface area contributed by atoms with Crippen LogP contribution in [0.3, 0.4) is 0 Å². The van der Waals surface area contributed by atoms with Gasteiger partial charge in [-0.1, -0.05) is 24.3 Å². The lowest BCUT2D eigenvalue weighted by Crippen LogP contribution is -2.55. The number of urea groups is 1. The molecule has 1 N–H and O–H groups in total. The molecule has 0 spiro atoms. The van der Waals surface area contributed by atoms with Crippen LogP contribution in [0.5, 0.6) is 0 Å². The number of carbonyl (C=O) groups is 1. The van der Waals surface area contributed by atoms with E-state index in [4.69, 9.17) is 0 Å². The van der Waals surface area contributed by atoms with Crippen molar-refractivity contribution in [2.75, 3.05) is 29.9 Å². The normalized spacial score (nSPS) is 15.5. The number of halogens is 4. The van der Waals surface area contributed by atoms with Crippen molar-refractivity contribution in [3.05, 3.63) is 84.2 Å². The van der Waals surface area contributed by atoms with Crippen LogP contribution >= 0.6 is 12.4 Å². The maximum absolute atomic E-state index is 13.9. The molecular formula is C26H23ClF3N5O. The number of hydrogen-bond acceptors (Lipinski definition) is 4. The molecule has 1 atom stereocenters. The van der Waals surface area contributed by atoms with Crippen LogP contribution in [-0.2, 0) is 0 Å². The van der Waals surface area contributed by atoms with E-state index in [1.54, 1.807) is 17.0 Å². The Balaban J connectivity index is 0.00000304. The van der Waals surface area contributed by atoms with E-state index in [1.165, 1.54) is 18.2 Å². The summed E-state index contributed by atoms with van der Waals surface area (Å²) in [5.41, 5.74) is 1.36. The van der Waals surface area contributed by atoms with Crippen LogP contribution in [0, 0.1) is 17.5 Å². The summed E-state index contributed by atoms with van der Waals surface area (Å²) in [4.78, 5) is 16.4. The minimum absolute atomic E-state index is 0. The number of piperazine rings is 1. The van der Waals surface area contributed by atoms with Crippen LogP contribution in [0.4, 0.5) is 29.5 Å². The maximum Gasteiger partial charge on any atom is 0.322 e. The van der Waals surface area contributed by atoms with E-state index in [0.717, 1.165) is 28.5 Å². The molecule has 10 heteroatoms. The highest BCUT2D eigenvalue weighted by Gasteiger charge is 2.29. The molecule has 1 fully saturated rings. The summed E-state index contributed by atoms with van der Waals surface area (Å²) < 4.78 is 40.5. The summed E-state index contributed by atoms with van der Waals surface area (Å²) in [5, 5.41) is 13.3. The van der Waals surface area contributed by atoms with Gasteiger partial charge in [0, 0.05) is 48.1 Å². The molecule has 1 aliphatic heterocycles. The Kier molecular flexibility index (Phi) is 7.30. The lowest BCUT2D eigenvalue weighted by Gasteiger charge is -2.40. The summed E-state index contributed by atoms with van der Waals surface area (Å²) in [7, 11) is 0. The predicted molar refractivity (Wildman–Crippen MR) is 136 cm³/mol. The average Bonchev–Trinajstić information content (AvgIpc) is 2.86. The Morgan fingerprint density at radius 1 is 0.917 bits per heavy atom. The van der Waals surface area contributed by atoms with Crippen molar-refractivity contribution in [3.63, 3.8) is 0 Å². The number of nitrogens with zero attached hydrogens (tertiary/aromatic N) is 4. The van der Waals surface area contributed by atoms with Gasteiger partial charge in [0.05, 0.1) is 5.69 Å². The number of carbonyl (C=O) groups excluding carboxylic acids is 1. The van der Waals surface area contributed by atoms with Crippen LogP contribution in [0.25, 0.3) is 22.0 Å². The van der Waals surface area contributed by atoms with Crippen LogP contribution in [0.2, 0.25) is 0 Å². The molecule has 1 saturated heterocycles. The van der Waals surface area contributed by atoms with Gasteiger partial charge >= 0.3 is 6.03 Å². The molecule has 186 valence electrons. The Hall–Kier alpha value is -3.85. The number of fused-ring (bicyclic) bond motifs is 1. The minimum atomic E-state index is -0.826. The van der Waals surface area contributed by atoms with Crippen molar-refractivity contribution in [3.8, 4) is 11.3 Å². The smallest absolute Gasteiger partial charge is 0.322 e. The van der Waals surface area contributed by atoms with Crippen molar-refractivity contribution in [1.29, 1.82) is 0 Å². The van der Waals surface area contributed by atoms with Crippen molar-refractivity contribution in [1.82, 2.24) is 15.1 Å². The monoisotopic (exact) mass is 513 g/mol. The molecule has 1 unspecified atom stereocenters. The Bertz CT molecular complexity index is 1400. The fourth-order valence-electron chi connectivity index (χ4n) is 4.36. The molecule has 0 aliphatic carbocycles. The van der Waals surface area contributed by atoms with Gasteiger partial charge in [0.25, 0.3) is 0 Å². The second kappa shape index (κ2) is 10.4. The molecule has 0 radical (unpaired) electrons. The first kappa shape index (κ1) is 25.2. The molecule has 3 aromatic carbocycles. The van der Waals surface area contributed by atoms with E-state index < -0.39 is 17.7 Å². The van der Waals surface area contributed by atoms with Gasteiger partial charge in [-0.2, -0.15) is 0 Å². The molecular weight excluding hydrogens is 491 g/mol. The van der Waals surface area contributed by atoms with Gasteiger partial charge in [-0.05, 0) is 43.3 Å². The van der Waals surface area contributed by atoms with Gasteiger partial charge in [0.15, 0.2) is 5.82 Å². The number of anilines is 2. The topological polar surface area (TPSA) is 61.4 Å². The Morgan fingerprint density at radius 2 is 1.61 bits per heavy atom. The quantitative estimate of drug-likeness (QED) is 0.372. The van der Waals surface area contributed by atoms with Gasteiger partial charge in [-0.25, -0.2) is 18.0 Å². The zero-order valence-corrected chi connectivity index (χ0v) is 20.1. The van der Waals surface area contributed by atoms with E-state index >= 15 is 0 Å². The summed E-state index contributed by atoms with van der Waals surface area (Å²) in [6.07, 6.45) is 0. The standard InChI is InChI=1S/C26H22F3N5O.ClH/c1-16-15-33(26(35)30-23-11-10-19(28)14-22(23)29)12-13-34(16)25-21-5-3-2-4-20(21)24(31-32-25)17-6-8-18(27)9-7-17;/h2-11,14,16H,12-13,15H2,1H3,(H,30,35);1H. The Labute approximate surface area is 212 Å². The number of benzene rings is 3. The van der Waals surface area contributed by atoms with Gasteiger partial charge in [0.2, 0.25) is 0 Å². The number of aromatic nitrogens is 2. The lowest BCUT2D eigenvalue weighted by atomic mass is 10.0. The second-order valence-corrected chi connectivity index (χ2v) is 8.47. The Morgan fingerprint density at radius 3 is 2.31 bits per heavy atom. The third kappa shape index (κ3) is 4.92. The summed E-state index contributed by atoms with van der Waals surface area (Å²) in [6, 6.07) is 16.4. The third-order valence-corrected chi connectivity index (χ3v) is 6.14. The van der Waals surface area contributed by atoms with Crippen LogP contribution in [0.15, 0.2) is 66.7 Å². The first-order valence-electron chi connectivity index (χ1n) is 11.2. The van der Waals surface area contributed by atoms with Gasteiger partial charge < -0.3 is 15.1 Å². The van der Waals surface area contributed by atoms with E-state index in [2.05, 4.69) is 20.4 Å². The van der Waals surface area contributed by atoms with Crippen molar-refractivity contribution >= 4 is 40.7 Å². The number of nitrogens with one attached hydrogen (secondary N) is 1. The van der Waals surface area contributed by atoms with E-state index in [1.807, 2.05) is 31.2 Å². The third-order valence-electron chi connectivity index (χ3n) is 6.14. The zero-order valence-electron chi connectivity index (χ0n) is 19.3. The molecule has 1 aromatic heterocycles. The van der Waals surface area contributed by atoms with Crippen LogP contribution < -0.4 is 10.2 Å². The first-order valence-corrected chi connectivity index (χ1v) is 11.2. The molecule has 0 saturated carbocycles. The molecule has 4 aromatic rings. The second-order valence-electron chi connectivity index (χ2n) is 8.47. The first-order chi connectivity index (χ1) is 16.9. The van der Waals surface area contributed by atoms with Gasteiger partial charge in [-0.15, -0.1) is 22.6 Å². The number of rotatable bonds is 3. The molecule has 36 heavy (non-hydrogen) atoms. The number of hydrogen-bond donors (Lipinski definition) is 1. The highest BCUT2D eigenvalue weighted by atomic mass is 35.5. The van der Waals surface area contributed by atoms with Gasteiger partial charge in [-0.3, -0.25) is 0 Å². The highest BCUT2D eigenvalue weighted by molar-refractivity contribution is 6.00. The zero-order chi connectivity index (χ0) is 24.5. The molecule has 2 heterocycles. The van der Waals surface area contributed by atoms with Crippen molar-refractivity contribution in [2.24, 2.45) is 0 Å². The van der Waals surface area contributed by atoms with Crippen molar-refractivity contribution < 1.29 is 18.0 Å². The van der Waals surface area contributed by atoms with Crippen LogP contribution in [-0.4, -0.2) is 46.8 Å². The SMILES string of the molecule is CC1CN(C(=O)Nc2ccc(F)cc2F)CCN1c1nnc(-c2ccc(F)cc2)c2ccccc12.Cl. The maximum atomic E-state index is 13.9. The summed E-state index contributed by atoms with van der Waals surface area (Å²) >= 11 is 0. The molecule has 2 amide bonds. The fraction of sp³-hybridized carbons (Fsp3) is 0.192. The van der Waals surface area contributed by atoms with Crippen molar-refractivity contribution in [2.45, 2.75) is 13.0 Å². The van der Waals surface area contributed by atoms with Gasteiger partial charge in [0.1, 0.15) is 23.1 Å². The van der Waals surface area contributed by atoms with E-state index in [9.17, 15) is 18.0 Å². The molecule has 1 aliphatic rings. The van der Waals surface area contributed by atoms with E-state index in [0.29, 0.717) is 31.1 Å². The molecule has 6 nitrogen and oxygen atoms in total. The summed E-state index contributed by atoms with van der Waals surface area (Å²) in [6.45, 7) is 3.23. The van der Waals surface area contributed by atoms with E-state index in [-0.39, 0.29) is 30.0 Å². The average molecular weight is 514 g/mol. The van der Waals surface area contributed by atoms with Crippen LogP contribution in [0.1, 0.15) is 6.92 Å². The fourth-order valence-corrected chi connectivity index (χ4v) is 4.36. The summed E-state index contributed by atoms with van der Waals surface area (Å²) in [5.74, 6) is -1.15. The number of amides is 2. The molecule has 5 rings (SSSR count). The largest absolute Gasteiger partial charge is 0.348 e. The lowest BCUT2D eigenvalue weighted by molar-refractivity contribution is 0.200. The molecule has 0 bridgehead atoms. The minimum Gasteiger partial charge on any atom is -0.348 e. The predicted octanol–water partition coefficient (Wildman–Crippen LogP) is 5.88. The highest BCUT2D eigenvalue weighted by Crippen LogP contribution is 2.33.